The first kappa shape index (κ1) is 29.1. The van der Waals surface area contributed by atoms with Crippen LogP contribution < -0.4 is 21.7 Å². The van der Waals surface area contributed by atoms with Crippen molar-refractivity contribution in [1.29, 1.82) is 0 Å². The number of hydrogen-bond acceptors (Lipinski definition) is 7. The van der Waals surface area contributed by atoms with Gasteiger partial charge in [-0.05, 0) is 43.2 Å². The summed E-state index contributed by atoms with van der Waals surface area (Å²) in [4.78, 5) is 53.6. The summed E-state index contributed by atoms with van der Waals surface area (Å²) in [6.45, 7) is 2.74. The Morgan fingerprint density at radius 3 is 2.15 bits per heavy atom. The lowest BCUT2D eigenvalue weighted by Gasteiger charge is -2.24. The SMILES string of the molecule is CC(NC(=O)C(N)C(C)O)C(=O)NC(Cc1c[nH]c2ccccc12)C(=O)NC(Cc1ccc(O)cc1)C(=O)O. The van der Waals surface area contributed by atoms with Crippen LogP contribution in [0.3, 0.4) is 0 Å². The first-order valence-electron chi connectivity index (χ1n) is 12.4. The lowest BCUT2D eigenvalue weighted by Crippen LogP contribution is -2.58. The fraction of sp³-hybridized carbons (Fsp3) is 0.333. The molecule has 208 valence electrons. The fourth-order valence-electron chi connectivity index (χ4n) is 3.96. The predicted molar refractivity (Wildman–Crippen MR) is 143 cm³/mol. The monoisotopic (exact) mass is 539 g/mol. The maximum absolute atomic E-state index is 13.4. The minimum atomic E-state index is -1.31. The average Bonchev–Trinajstić information content (AvgIpc) is 3.31. The van der Waals surface area contributed by atoms with Crippen LogP contribution in [0.1, 0.15) is 25.0 Å². The Hall–Kier alpha value is -4.42. The third-order valence-corrected chi connectivity index (χ3v) is 6.30. The summed E-state index contributed by atoms with van der Waals surface area (Å²) >= 11 is 0. The van der Waals surface area contributed by atoms with Crippen LogP contribution in [0.15, 0.2) is 54.7 Å². The van der Waals surface area contributed by atoms with E-state index >= 15 is 0 Å². The molecule has 5 unspecified atom stereocenters. The van der Waals surface area contributed by atoms with Gasteiger partial charge in [0, 0.05) is 29.9 Å². The zero-order chi connectivity index (χ0) is 28.7. The Labute approximate surface area is 224 Å². The number of aliphatic carboxylic acids is 1. The molecule has 0 aliphatic heterocycles. The van der Waals surface area contributed by atoms with Crippen molar-refractivity contribution in [3.05, 3.63) is 65.9 Å². The van der Waals surface area contributed by atoms with Crippen LogP contribution in [0.2, 0.25) is 0 Å². The van der Waals surface area contributed by atoms with Gasteiger partial charge in [-0.3, -0.25) is 14.4 Å². The molecule has 0 saturated carbocycles. The number of phenols is 1. The Balaban J connectivity index is 1.80. The second kappa shape index (κ2) is 12.9. The number of carbonyl (C=O) groups is 4. The molecule has 39 heavy (non-hydrogen) atoms. The van der Waals surface area contributed by atoms with E-state index in [4.69, 9.17) is 5.73 Å². The van der Waals surface area contributed by atoms with Crippen LogP contribution in [0.4, 0.5) is 0 Å². The molecule has 3 rings (SSSR count). The molecule has 3 aromatic rings. The van der Waals surface area contributed by atoms with Gasteiger partial charge in [0.25, 0.3) is 0 Å². The number of carbonyl (C=O) groups excluding carboxylic acids is 3. The van der Waals surface area contributed by atoms with Crippen molar-refractivity contribution in [3.63, 3.8) is 0 Å². The third kappa shape index (κ3) is 7.79. The lowest BCUT2D eigenvalue weighted by molar-refractivity contribution is -0.142. The van der Waals surface area contributed by atoms with E-state index in [1.807, 2.05) is 24.3 Å². The van der Waals surface area contributed by atoms with Crippen LogP contribution in [0, 0.1) is 0 Å². The summed E-state index contributed by atoms with van der Waals surface area (Å²) in [7, 11) is 0. The highest BCUT2D eigenvalue weighted by atomic mass is 16.4. The first-order chi connectivity index (χ1) is 18.5. The minimum Gasteiger partial charge on any atom is -0.508 e. The summed E-state index contributed by atoms with van der Waals surface area (Å²) in [5, 5.41) is 37.1. The topological polar surface area (TPSA) is 207 Å². The van der Waals surface area contributed by atoms with E-state index in [0.29, 0.717) is 11.1 Å². The van der Waals surface area contributed by atoms with E-state index in [1.165, 1.54) is 26.0 Å². The number of aliphatic hydroxyl groups is 1. The van der Waals surface area contributed by atoms with Crippen LogP contribution in [0.25, 0.3) is 10.9 Å². The number of amides is 3. The van der Waals surface area contributed by atoms with Crippen molar-refractivity contribution in [3.8, 4) is 5.75 Å². The molecule has 12 heteroatoms. The second-order valence-electron chi connectivity index (χ2n) is 9.39. The maximum atomic E-state index is 13.4. The second-order valence-corrected chi connectivity index (χ2v) is 9.39. The van der Waals surface area contributed by atoms with Crippen molar-refractivity contribution in [2.45, 2.75) is 57.0 Å². The van der Waals surface area contributed by atoms with Crippen LogP contribution >= 0.6 is 0 Å². The Bertz CT molecular complexity index is 1320. The maximum Gasteiger partial charge on any atom is 0.326 e. The molecule has 3 amide bonds. The summed E-state index contributed by atoms with van der Waals surface area (Å²) in [6.07, 6.45) is 0.539. The quantitative estimate of drug-likeness (QED) is 0.156. The predicted octanol–water partition coefficient (Wildman–Crippen LogP) is -0.0743. The third-order valence-electron chi connectivity index (χ3n) is 6.30. The number of nitrogens with one attached hydrogen (secondary N) is 4. The van der Waals surface area contributed by atoms with Gasteiger partial charge in [-0.1, -0.05) is 30.3 Å². The number of aromatic nitrogens is 1. The van der Waals surface area contributed by atoms with Crippen molar-refractivity contribution in [2.75, 3.05) is 0 Å². The molecule has 0 aliphatic carbocycles. The standard InChI is InChI=1S/C27H33N5O7/c1-14(30-26(37)23(28)15(2)33)24(35)31-21(12-17-13-29-20-6-4-3-5-19(17)20)25(36)32-22(27(38)39)11-16-7-9-18(34)10-8-16/h3-10,13-15,21-23,29,33-34H,11-12,28H2,1-2H3,(H,30,37)(H,31,35)(H,32,36)(H,38,39). The highest BCUT2D eigenvalue weighted by molar-refractivity contribution is 5.94. The number of hydrogen-bond donors (Lipinski definition) is 8. The molecule has 1 aromatic heterocycles. The Morgan fingerprint density at radius 1 is 0.872 bits per heavy atom. The molecule has 0 fully saturated rings. The number of carboxylic acid groups (broad SMARTS) is 1. The number of benzene rings is 2. The van der Waals surface area contributed by atoms with Gasteiger partial charge in [-0.2, -0.15) is 0 Å². The normalized spacial score (nSPS) is 15.0. The molecule has 9 N–H and O–H groups in total. The zero-order valence-electron chi connectivity index (χ0n) is 21.5. The molecule has 1 heterocycles. The van der Waals surface area contributed by atoms with E-state index in [-0.39, 0.29) is 18.6 Å². The number of phenolic OH excluding ortho intramolecular Hbond substituents is 1. The molecule has 0 radical (unpaired) electrons. The number of rotatable bonds is 12. The summed E-state index contributed by atoms with van der Waals surface area (Å²) in [5.74, 6) is -3.44. The van der Waals surface area contributed by atoms with Gasteiger partial charge >= 0.3 is 5.97 Å². The van der Waals surface area contributed by atoms with Gasteiger partial charge in [0.15, 0.2) is 0 Å². The number of nitrogens with two attached hydrogens (primary N) is 1. The highest BCUT2D eigenvalue weighted by Gasteiger charge is 2.30. The van der Waals surface area contributed by atoms with Crippen LogP contribution in [-0.2, 0) is 32.0 Å². The van der Waals surface area contributed by atoms with Crippen LogP contribution in [0.5, 0.6) is 5.75 Å². The first-order valence-corrected chi connectivity index (χ1v) is 12.4. The van der Waals surface area contributed by atoms with E-state index in [2.05, 4.69) is 20.9 Å². The number of para-hydroxylation sites is 1. The van der Waals surface area contributed by atoms with Crippen molar-refractivity contribution >= 4 is 34.6 Å². The van der Waals surface area contributed by atoms with Crippen LogP contribution in [-0.4, -0.2) is 74.3 Å². The number of H-pyrrole nitrogens is 1. The number of carboxylic acids is 1. The number of fused-ring (bicyclic) bond motifs is 1. The Morgan fingerprint density at radius 2 is 1.51 bits per heavy atom. The van der Waals surface area contributed by atoms with Gasteiger partial charge in [0.05, 0.1) is 6.10 Å². The molecule has 0 saturated heterocycles. The molecule has 5 atom stereocenters. The Kier molecular flexibility index (Phi) is 9.63. The summed E-state index contributed by atoms with van der Waals surface area (Å²) < 4.78 is 0. The van der Waals surface area contributed by atoms with Crippen molar-refractivity contribution in [1.82, 2.24) is 20.9 Å². The number of aromatic hydroxyl groups is 1. The highest BCUT2D eigenvalue weighted by Crippen LogP contribution is 2.19. The molecule has 0 spiro atoms. The molecule has 0 aliphatic rings. The smallest absolute Gasteiger partial charge is 0.326 e. The van der Waals surface area contributed by atoms with E-state index in [1.54, 1.807) is 18.3 Å². The van der Waals surface area contributed by atoms with Crippen molar-refractivity contribution in [2.24, 2.45) is 5.73 Å². The van der Waals surface area contributed by atoms with Gasteiger partial charge in [-0.25, -0.2) is 4.79 Å². The molecule has 0 bridgehead atoms. The minimum absolute atomic E-state index is 0.0202. The number of aromatic amines is 1. The molecular weight excluding hydrogens is 506 g/mol. The summed E-state index contributed by atoms with van der Waals surface area (Å²) in [6, 6.07) is 8.44. The van der Waals surface area contributed by atoms with Gasteiger partial charge in [0.1, 0.15) is 29.9 Å². The molecule has 2 aromatic carbocycles. The molecule has 12 nitrogen and oxygen atoms in total. The van der Waals surface area contributed by atoms with E-state index < -0.39 is 54.0 Å². The summed E-state index contributed by atoms with van der Waals surface area (Å²) in [5.41, 5.74) is 7.73. The fourth-order valence-corrected chi connectivity index (χ4v) is 3.96. The van der Waals surface area contributed by atoms with Gasteiger partial charge < -0.3 is 42.0 Å². The zero-order valence-corrected chi connectivity index (χ0v) is 21.5. The largest absolute Gasteiger partial charge is 0.508 e. The van der Waals surface area contributed by atoms with Gasteiger partial charge in [-0.15, -0.1) is 0 Å². The van der Waals surface area contributed by atoms with E-state index in [9.17, 15) is 34.5 Å². The lowest BCUT2D eigenvalue weighted by atomic mass is 10.0. The average molecular weight is 540 g/mol. The number of aliphatic hydroxyl groups excluding tert-OH is 1. The van der Waals surface area contributed by atoms with E-state index in [0.717, 1.165) is 10.9 Å². The van der Waals surface area contributed by atoms with Crippen molar-refractivity contribution < 1.29 is 34.5 Å². The molecular formula is C27H33N5O7. The van der Waals surface area contributed by atoms with Gasteiger partial charge in [0.2, 0.25) is 17.7 Å².